The molecule has 120 valence electrons. The molecule has 0 atom stereocenters. The number of nitrogens with zero attached hydrogens (tertiary/aromatic N) is 1. The van der Waals surface area contributed by atoms with Gasteiger partial charge in [0.2, 0.25) is 10.0 Å². The molecule has 0 amide bonds. The van der Waals surface area contributed by atoms with E-state index in [4.69, 9.17) is 0 Å². The fourth-order valence-electron chi connectivity index (χ4n) is 3.04. The van der Waals surface area contributed by atoms with Gasteiger partial charge in [-0.05, 0) is 48.8 Å². The SMILES string of the molecule is CC(C)(C)c1ccc(S(=O)(=O)N2CCC(=C3CC3)CC2)cc1. The van der Waals surface area contributed by atoms with Gasteiger partial charge in [0.15, 0.2) is 0 Å². The van der Waals surface area contributed by atoms with Gasteiger partial charge in [0.05, 0.1) is 4.90 Å². The first-order valence-electron chi connectivity index (χ1n) is 8.09. The Hall–Kier alpha value is -1.13. The van der Waals surface area contributed by atoms with E-state index in [1.165, 1.54) is 18.4 Å². The molecule has 1 saturated carbocycles. The van der Waals surface area contributed by atoms with Crippen LogP contribution in [0.2, 0.25) is 0 Å². The highest BCUT2D eigenvalue weighted by Crippen LogP contribution is 2.37. The molecular formula is C18H25NO2S. The van der Waals surface area contributed by atoms with Crippen molar-refractivity contribution in [3.05, 3.63) is 41.0 Å². The zero-order chi connectivity index (χ0) is 16.0. The van der Waals surface area contributed by atoms with Crippen molar-refractivity contribution in [2.24, 2.45) is 0 Å². The summed E-state index contributed by atoms with van der Waals surface area (Å²) in [4.78, 5) is 0.419. The van der Waals surface area contributed by atoms with Crippen molar-refractivity contribution in [1.29, 1.82) is 0 Å². The minimum absolute atomic E-state index is 0.0404. The second-order valence-electron chi connectivity index (χ2n) is 7.39. The average molecular weight is 319 g/mol. The summed E-state index contributed by atoms with van der Waals surface area (Å²) in [6, 6.07) is 7.39. The Morgan fingerprint density at radius 1 is 0.864 bits per heavy atom. The summed E-state index contributed by atoms with van der Waals surface area (Å²) in [5.74, 6) is 0. The summed E-state index contributed by atoms with van der Waals surface area (Å²) >= 11 is 0. The molecule has 22 heavy (non-hydrogen) atoms. The van der Waals surface area contributed by atoms with E-state index in [-0.39, 0.29) is 5.41 Å². The van der Waals surface area contributed by atoms with Crippen molar-refractivity contribution >= 4 is 10.0 Å². The van der Waals surface area contributed by atoms with Crippen LogP contribution in [0.3, 0.4) is 0 Å². The van der Waals surface area contributed by atoms with Gasteiger partial charge in [-0.1, -0.05) is 44.1 Å². The van der Waals surface area contributed by atoms with E-state index in [0.29, 0.717) is 18.0 Å². The first kappa shape index (κ1) is 15.8. The van der Waals surface area contributed by atoms with Gasteiger partial charge in [0, 0.05) is 13.1 Å². The maximum Gasteiger partial charge on any atom is 0.243 e. The number of sulfonamides is 1. The molecule has 1 aromatic carbocycles. The lowest BCUT2D eigenvalue weighted by Crippen LogP contribution is -2.36. The Morgan fingerprint density at radius 2 is 1.36 bits per heavy atom. The highest BCUT2D eigenvalue weighted by molar-refractivity contribution is 7.89. The zero-order valence-electron chi connectivity index (χ0n) is 13.7. The number of hydrogen-bond acceptors (Lipinski definition) is 2. The first-order chi connectivity index (χ1) is 10.3. The van der Waals surface area contributed by atoms with E-state index >= 15 is 0 Å². The third-order valence-corrected chi connectivity index (χ3v) is 6.60. The average Bonchev–Trinajstić information content (AvgIpc) is 3.31. The summed E-state index contributed by atoms with van der Waals surface area (Å²) in [5.41, 5.74) is 4.28. The second-order valence-corrected chi connectivity index (χ2v) is 9.32. The Balaban J connectivity index is 1.77. The van der Waals surface area contributed by atoms with E-state index in [0.717, 1.165) is 18.4 Å². The molecule has 0 radical (unpaired) electrons. The third-order valence-electron chi connectivity index (χ3n) is 4.68. The number of rotatable bonds is 2. The lowest BCUT2D eigenvalue weighted by atomic mass is 9.87. The molecule has 0 unspecified atom stereocenters. The maximum absolute atomic E-state index is 12.8. The number of hydrogen-bond donors (Lipinski definition) is 0. The molecule has 2 fully saturated rings. The maximum atomic E-state index is 12.8. The van der Waals surface area contributed by atoms with Crippen LogP contribution in [0.1, 0.15) is 52.0 Å². The lowest BCUT2D eigenvalue weighted by molar-refractivity contribution is 0.386. The largest absolute Gasteiger partial charge is 0.243 e. The fourth-order valence-corrected chi connectivity index (χ4v) is 4.48. The van der Waals surface area contributed by atoms with Crippen LogP contribution in [0.4, 0.5) is 0 Å². The van der Waals surface area contributed by atoms with E-state index in [1.807, 2.05) is 12.1 Å². The molecule has 4 heteroatoms. The molecule has 1 aliphatic heterocycles. The van der Waals surface area contributed by atoms with E-state index in [1.54, 1.807) is 22.0 Å². The van der Waals surface area contributed by atoms with Gasteiger partial charge in [0.25, 0.3) is 0 Å². The van der Waals surface area contributed by atoms with E-state index in [2.05, 4.69) is 20.8 Å². The number of benzene rings is 1. The summed E-state index contributed by atoms with van der Waals surface area (Å²) < 4.78 is 27.1. The zero-order valence-corrected chi connectivity index (χ0v) is 14.5. The standard InChI is InChI=1S/C18H25NO2S/c1-18(2,3)16-6-8-17(9-7-16)22(20,21)19-12-10-15(11-13-19)14-4-5-14/h6-9H,4-5,10-13H2,1-3H3. The van der Waals surface area contributed by atoms with Gasteiger partial charge in [-0.25, -0.2) is 8.42 Å². The molecule has 3 rings (SSSR count). The lowest BCUT2D eigenvalue weighted by Gasteiger charge is -2.28. The Morgan fingerprint density at radius 3 is 1.82 bits per heavy atom. The van der Waals surface area contributed by atoms with Crippen LogP contribution in [0, 0.1) is 0 Å². The number of piperidine rings is 1. The van der Waals surface area contributed by atoms with Crippen molar-refractivity contribution in [3.63, 3.8) is 0 Å². The third kappa shape index (κ3) is 3.13. The van der Waals surface area contributed by atoms with Crippen LogP contribution < -0.4 is 0 Å². The Bertz CT molecular complexity index is 678. The van der Waals surface area contributed by atoms with Crippen LogP contribution in [-0.2, 0) is 15.4 Å². The van der Waals surface area contributed by atoms with Crippen LogP contribution in [0.25, 0.3) is 0 Å². The Labute approximate surface area is 134 Å². The van der Waals surface area contributed by atoms with Crippen LogP contribution in [0.15, 0.2) is 40.3 Å². The van der Waals surface area contributed by atoms with E-state index in [9.17, 15) is 8.42 Å². The Kier molecular flexibility index (Phi) is 3.94. The molecule has 0 bridgehead atoms. The molecule has 0 aromatic heterocycles. The quantitative estimate of drug-likeness (QED) is 0.776. The molecule has 3 nitrogen and oxygen atoms in total. The molecule has 1 aliphatic carbocycles. The molecule has 2 aliphatic rings. The summed E-state index contributed by atoms with van der Waals surface area (Å²) in [6.07, 6.45) is 4.29. The van der Waals surface area contributed by atoms with Gasteiger partial charge < -0.3 is 0 Å². The predicted octanol–water partition coefficient (Wildman–Crippen LogP) is 3.86. The second kappa shape index (κ2) is 5.50. The van der Waals surface area contributed by atoms with Gasteiger partial charge in [-0.15, -0.1) is 0 Å². The molecule has 0 spiro atoms. The monoisotopic (exact) mass is 319 g/mol. The molecule has 1 heterocycles. The molecule has 0 N–H and O–H groups in total. The van der Waals surface area contributed by atoms with Gasteiger partial charge >= 0.3 is 0 Å². The van der Waals surface area contributed by atoms with Crippen molar-refractivity contribution in [3.8, 4) is 0 Å². The van der Waals surface area contributed by atoms with Crippen molar-refractivity contribution < 1.29 is 8.42 Å². The van der Waals surface area contributed by atoms with E-state index < -0.39 is 10.0 Å². The van der Waals surface area contributed by atoms with Crippen LogP contribution >= 0.6 is 0 Å². The molecule has 1 saturated heterocycles. The van der Waals surface area contributed by atoms with Crippen molar-refractivity contribution in [2.45, 2.75) is 56.8 Å². The molecular weight excluding hydrogens is 294 g/mol. The smallest absolute Gasteiger partial charge is 0.207 e. The molecule has 1 aromatic rings. The van der Waals surface area contributed by atoms with Gasteiger partial charge in [-0.2, -0.15) is 4.31 Å². The van der Waals surface area contributed by atoms with Gasteiger partial charge in [0.1, 0.15) is 0 Å². The first-order valence-corrected chi connectivity index (χ1v) is 9.53. The summed E-state index contributed by atoms with van der Waals surface area (Å²) in [6.45, 7) is 7.65. The topological polar surface area (TPSA) is 37.4 Å². The summed E-state index contributed by atoms with van der Waals surface area (Å²) in [5, 5.41) is 0. The van der Waals surface area contributed by atoms with Gasteiger partial charge in [-0.3, -0.25) is 0 Å². The van der Waals surface area contributed by atoms with Crippen LogP contribution in [-0.4, -0.2) is 25.8 Å². The highest BCUT2D eigenvalue weighted by atomic mass is 32.2. The van der Waals surface area contributed by atoms with Crippen molar-refractivity contribution in [2.75, 3.05) is 13.1 Å². The van der Waals surface area contributed by atoms with Crippen molar-refractivity contribution in [1.82, 2.24) is 4.31 Å². The minimum Gasteiger partial charge on any atom is -0.207 e. The number of allylic oxidation sites excluding steroid dienone is 1. The summed E-state index contributed by atoms with van der Waals surface area (Å²) in [7, 11) is -3.34. The van der Waals surface area contributed by atoms with Crippen LogP contribution in [0.5, 0.6) is 0 Å². The minimum atomic E-state index is -3.34. The predicted molar refractivity (Wildman–Crippen MR) is 89.4 cm³/mol. The normalized spacial score (nSPS) is 20.3. The highest BCUT2D eigenvalue weighted by Gasteiger charge is 2.29. The fraction of sp³-hybridized carbons (Fsp3) is 0.556.